The summed E-state index contributed by atoms with van der Waals surface area (Å²) in [5.41, 5.74) is -0.404. The third-order valence-electron chi connectivity index (χ3n) is 2.19. The molecule has 2 rings (SSSR count). The van der Waals surface area contributed by atoms with Crippen molar-refractivity contribution in [2.45, 2.75) is 12.3 Å². The first-order chi connectivity index (χ1) is 7.98. The number of halogens is 3. The summed E-state index contributed by atoms with van der Waals surface area (Å²) < 4.78 is 40.9. The van der Waals surface area contributed by atoms with E-state index in [1.54, 1.807) is 0 Å². The van der Waals surface area contributed by atoms with Crippen LogP contribution in [0.2, 0.25) is 0 Å². The van der Waals surface area contributed by atoms with Crippen molar-refractivity contribution in [1.82, 2.24) is 9.59 Å². The van der Waals surface area contributed by atoms with Crippen molar-refractivity contribution in [3.63, 3.8) is 0 Å². The number of rotatable bonds is 2. The molecule has 1 aromatic heterocycles. The Morgan fingerprint density at radius 3 is 2.65 bits per heavy atom. The van der Waals surface area contributed by atoms with Gasteiger partial charge in [0.25, 0.3) is 0 Å². The molecule has 0 aliphatic carbocycles. The lowest BCUT2D eigenvalue weighted by atomic mass is 10.0. The normalized spacial score (nSPS) is 13.6. The van der Waals surface area contributed by atoms with Gasteiger partial charge in [0.15, 0.2) is 0 Å². The fraction of sp³-hybridized carbons (Fsp3) is 0.200. The van der Waals surface area contributed by atoms with E-state index >= 15 is 0 Å². The van der Waals surface area contributed by atoms with Gasteiger partial charge in [0.2, 0.25) is 0 Å². The number of hydrogen-bond acceptors (Lipinski definition) is 4. The van der Waals surface area contributed by atoms with Gasteiger partial charge in [-0.05, 0) is 29.2 Å². The third-order valence-corrected chi connectivity index (χ3v) is 2.71. The van der Waals surface area contributed by atoms with Crippen molar-refractivity contribution in [1.29, 1.82) is 0 Å². The standard InChI is InChI=1S/C10H7F3N2OS/c11-10(12,13)7-3-1-2-6(4-7)9(16)8-5-17-15-14-8/h1-5,9,16H. The van der Waals surface area contributed by atoms with Crippen LogP contribution in [0.15, 0.2) is 29.6 Å². The third kappa shape index (κ3) is 2.62. The summed E-state index contributed by atoms with van der Waals surface area (Å²) >= 11 is 1.03. The van der Waals surface area contributed by atoms with E-state index in [1.165, 1.54) is 17.5 Å². The molecule has 0 bridgehead atoms. The quantitative estimate of drug-likeness (QED) is 0.902. The highest BCUT2D eigenvalue weighted by Gasteiger charge is 2.31. The molecule has 1 aromatic carbocycles. The van der Waals surface area contributed by atoms with Crippen molar-refractivity contribution in [2.75, 3.05) is 0 Å². The van der Waals surface area contributed by atoms with Crippen molar-refractivity contribution in [3.05, 3.63) is 46.5 Å². The zero-order valence-electron chi connectivity index (χ0n) is 8.35. The second-order valence-corrected chi connectivity index (χ2v) is 3.97. The Morgan fingerprint density at radius 1 is 1.29 bits per heavy atom. The van der Waals surface area contributed by atoms with E-state index in [0.29, 0.717) is 0 Å². The molecule has 0 spiro atoms. The minimum Gasteiger partial charge on any atom is -0.382 e. The number of aromatic nitrogens is 2. The van der Waals surface area contributed by atoms with Crippen LogP contribution in [0.3, 0.4) is 0 Å². The highest BCUT2D eigenvalue weighted by Crippen LogP contribution is 2.31. The van der Waals surface area contributed by atoms with Crippen LogP contribution in [0.5, 0.6) is 0 Å². The van der Waals surface area contributed by atoms with Crippen LogP contribution in [0.25, 0.3) is 0 Å². The molecule has 0 saturated carbocycles. The largest absolute Gasteiger partial charge is 0.416 e. The minimum absolute atomic E-state index is 0.146. The molecule has 0 saturated heterocycles. The number of benzene rings is 1. The number of aliphatic hydroxyl groups excluding tert-OH is 1. The van der Waals surface area contributed by atoms with E-state index in [0.717, 1.165) is 23.7 Å². The molecule has 0 fully saturated rings. The van der Waals surface area contributed by atoms with Gasteiger partial charge < -0.3 is 5.11 Å². The van der Waals surface area contributed by atoms with Crippen LogP contribution >= 0.6 is 11.5 Å². The molecule has 90 valence electrons. The predicted octanol–water partition coefficient (Wildman–Crippen LogP) is 2.64. The maximum absolute atomic E-state index is 12.5. The zero-order chi connectivity index (χ0) is 12.5. The van der Waals surface area contributed by atoms with Gasteiger partial charge in [0.1, 0.15) is 11.8 Å². The lowest BCUT2D eigenvalue weighted by Crippen LogP contribution is -2.07. The van der Waals surface area contributed by atoms with Gasteiger partial charge in [-0.2, -0.15) is 13.2 Å². The fourth-order valence-corrected chi connectivity index (χ4v) is 1.82. The summed E-state index contributed by atoms with van der Waals surface area (Å²) in [7, 11) is 0. The summed E-state index contributed by atoms with van der Waals surface area (Å²) in [6.45, 7) is 0. The van der Waals surface area contributed by atoms with Crippen molar-refractivity contribution in [3.8, 4) is 0 Å². The average Bonchev–Trinajstić information content (AvgIpc) is 2.80. The Morgan fingerprint density at radius 2 is 2.06 bits per heavy atom. The van der Waals surface area contributed by atoms with Crippen molar-refractivity contribution < 1.29 is 18.3 Å². The second-order valence-electron chi connectivity index (χ2n) is 3.36. The molecule has 0 aliphatic heterocycles. The Bertz CT molecular complexity index is 499. The average molecular weight is 260 g/mol. The first-order valence-corrected chi connectivity index (χ1v) is 5.44. The highest BCUT2D eigenvalue weighted by atomic mass is 32.1. The topological polar surface area (TPSA) is 46.0 Å². The summed E-state index contributed by atoms with van der Waals surface area (Å²) in [6, 6.07) is 4.53. The van der Waals surface area contributed by atoms with Crippen LogP contribution in [-0.2, 0) is 6.18 Å². The molecule has 1 unspecified atom stereocenters. The first-order valence-electron chi connectivity index (χ1n) is 4.60. The van der Waals surface area contributed by atoms with Crippen LogP contribution in [0.4, 0.5) is 13.2 Å². The van der Waals surface area contributed by atoms with E-state index in [1.807, 2.05) is 0 Å². The first kappa shape index (κ1) is 12.0. The van der Waals surface area contributed by atoms with E-state index in [9.17, 15) is 18.3 Å². The second kappa shape index (κ2) is 4.42. The van der Waals surface area contributed by atoms with Crippen molar-refractivity contribution in [2.24, 2.45) is 0 Å². The molecule has 3 nitrogen and oxygen atoms in total. The number of hydrogen-bond donors (Lipinski definition) is 1. The maximum atomic E-state index is 12.5. The molecular weight excluding hydrogens is 253 g/mol. The monoisotopic (exact) mass is 260 g/mol. The van der Waals surface area contributed by atoms with Crippen molar-refractivity contribution >= 4 is 11.5 Å². The molecule has 1 atom stereocenters. The fourth-order valence-electron chi connectivity index (χ4n) is 1.35. The molecule has 2 aromatic rings. The predicted molar refractivity (Wildman–Crippen MR) is 55.4 cm³/mol. The number of nitrogens with zero attached hydrogens (tertiary/aromatic N) is 2. The number of aliphatic hydroxyl groups is 1. The van der Waals surface area contributed by atoms with Gasteiger partial charge in [0, 0.05) is 5.38 Å². The Labute approximate surface area is 98.7 Å². The van der Waals surface area contributed by atoms with Gasteiger partial charge >= 0.3 is 6.18 Å². The molecular formula is C10H7F3N2OS. The van der Waals surface area contributed by atoms with Gasteiger partial charge in [-0.3, -0.25) is 0 Å². The molecule has 7 heteroatoms. The Hall–Kier alpha value is -1.47. The Kier molecular flexibility index (Phi) is 3.12. The van der Waals surface area contributed by atoms with Gasteiger partial charge in [-0.1, -0.05) is 16.6 Å². The van der Waals surface area contributed by atoms with E-state index < -0.39 is 17.8 Å². The summed E-state index contributed by atoms with van der Waals surface area (Å²) in [4.78, 5) is 0. The molecule has 17 heavy (non-hydrogen) atoms. The van der Waals surface area contributed by atoms with Crippen LogP contribution in [-0.4, -0.2) is 14.7 Å². The van der Waals surface area contributed by atoms with E-state index in [4.69, 9.17) is 0 Å². The zero-order valence-corrected chi connectivity index (χ0v) is 9.16. The Balaban J connectivity index is 2.34. The van der Waals surface area contributed by atoms with Crippen LogP contribution in [0.1, 0.15) is 22.9 Å². The van der Waals surface area contributed by atoms with Crippen LogP contribution in [0, 0.1) is 0 Å². The van der Waals surface area contributed by atoms with Gasteiger partial charge in [0.05, 0.1) is 5.56 Å². The van der Waals surface area contributed by atoms with E-state index in [-0.39, 0.29) is 11.3 Å². The molecule has 0 aliphatic rings. The summed E-state index contributed by atoms with van der Waals surface area (Å²) in [5, 5.41) is 14.9. The lowest BCUT2D eigenvalue weighted by molar-refractivity contribution is -0.137. The van der Waals surface area contributed by atoms with Gasteiger partial charge in [-0.15, -0.1) is 5.10 Å². The van der Waals surface area contributed by atoms with Gasteiger partial charge in [-0.25, -0.2) is 0 Å². The molecule has 0 amide bonds. The minimum atomic E-state index is -4.42. The molecule has 1 heterocycles. The SMILES string of the molecule is OC(c1cccc(C(F)(F)F)c1)c1csnn1. The highest BCUT2D eigenvalue weighted by molar-refractivity contribution is 7.03. The summed E-state index contributed by atoms with van der Waals surface area (Å²) in [6.07, 6.45) is -5.60. The molecule has 1 N–H and O–H groups in total. The summed E-state index contributed by atoms with van der Waals surface area (Å²) in [5.74, 6) is 0. The maximum Gasteiger partial charge on any atom is 0.416 e. The lowest BCUT2D eigenvalue weighted by Gasteiger charge is -2.11. The molecule has 0 radical (unpaired) electrons. The van der Waals surface area contributed by atoms with E-state index in [2.05, 4.69) is 9.59 Å². The number of alkyl halides is 3. The van der Waals surface area contributed by atoms with Crippen LogP contribution < -0.4 is 0 Å². The smallest absolute Gasteiger partial charge is 0.382 e.